The van der Waals surface area contributed by atoms with Gasteiger partial charge in [0, 0.05) is 16.8 Å². The predicted molar refractivity (Wildman–Crippen MR) is 76.7 cm³/mol. The first-order chi connectivity index (χ1) is 10.7. The first kappa shape index (κ1) is 16.5. The van der Waals surface area contributed by atoms with Crippen LogP contribution in [-0.2, 0) is 11.0 Å². The van der Waals surface area contributed by atoms with E-state index in [9.17, 15) is 18.0 Å². The van der Waals surface area contributed by atoms with E-state index >= 15 is 0 Å². The number of halogens is 3. The number of anilines is 1. The Balaban J connectivity index is 2.70. The van der Waals surface area contributed by atoms with Crippen molar-refractivity contribution in [3.63, 3.8) is 0 Å². The van der Waals surface area contributed by atoms with E-state index in [2.05, 4.69) is 10.2 Å². The summed E-state index contributed by atoms with van der Waals surface area (Å²) in [5, 5.41) is 16.1. The normalized spacial score (nSPS) is 12.4. The average molecular weight is 326 g/mol. The van der Waals surface area contributed by atoms with E-state index in [0.717, 1.165) is 12.1 Å². The van der Waals surface area contributed by atoms with Gasteiger partial charge in [0.1, 0.15) is 12.7 Å². The quantitative estimate of drug-likeness (QED) is 0.665. The summed E-state index contributed by atoms with van der Waals surface area (Å²) in [5.41, 5.74) is 4.08. The van der Waals surface area contributed by atoms with Crippen molar-refractivity contribution in [2.24, 2.45) is 0 Å². The Morgan fingerprint density at radius 2 is 1.96 bits per heavy atom. The molecular weight excluding hydrogens is 313 g/mol. The summed E-state index contributed by atoms with van der Waals surface area (Å²) in [6.07, 6.45) is -0.922. The van der Waals surface area contributed by atoms with E-state index in [4.69, 9.17) is 10.8 Å². The molecule has 0 radical (unpaired) electrons. The second-order valence-corrected chi connectivity index (χ2v) is 4.69. The fourth-order valence-corrected chi connectivity index (χ4v) is 2.00. The molecule has 1 aromatic carbocycles. The number of aliphatic carboxylic acids is 1. The molecule has 0 aliphatic heterocycles. The van der Waals surface area contributed by atoms with Crippen LogP contribution in [0.3, 0.4) is 0 Å². The summed E-state index contributed by atoms with van der Waals surface area (Å²) in [4.78, 5) is 11.1. The van der Waals surface area contributed by atoms with Crippen molar-refractivity contribution < 1.29 is 23.1 Å². The van der Waals surface area contributed by atoms with Crippen LogP contribution in [0.5, 0.6) is 0 Å². The molecule has 2 aromatic rings. The van der Waals surface area contributed by atoms with Crippen molar-refractivity contribution >= 4 is 17.7 Å². The third-order valence-electron chi connectivity index (χ3n) is 3.20. The molecule has 0 saturated heterocycles. The fraction of sp³-hybridized carbons (Fsp3) is 0.214. The van der Waals surface area contributed by atoms with Crippen LogP contribution in [0.25, 0.3) is 11.8 Å². The molecule has 0 aliphatic rings. The minimum atomic E-state index is -4.67. The third-order valence-corrected chi connectivity index (χ3v) is 3.20. The van der Waals surface area contributed by atoms with Crippen molar-refractivity contribution in [3.8, 4) is 5.69 Å². The van der Waals surface area contributed by atoms with Gasteiger partial charge >= 0.3 is 12.1 Å². The molecule has 122 valence electrons. The second kappa shape index (κ2) is 6.11. The maximum atomic E-state index is 13.2. The van der Waals surface area contributed by atoms with E-state index in [0.29, 0.717) is 0 Å². The SMILES string of the molecule is CCC(=Cc1cc(-n2cnnc2)cc(C(F)(F)F)c1N)C(=O)O. The van der Waals surface area contributed by atoms with Crippen molar-refractivity contribution in [1.82, 2.24) is 14.8 Å². The number of alkyl halides is 3. The lowest BCUT2D eigenvalue weighted by Crippen LogP contribution is -2.12. The van der Waals surface area contributed by atoms with Crippen LogP contribution in [0.4, 0.5) is 18.9 Å². The van der Waals surface area contributed by atoms with Gasteiger partial charge in [-0.3, -0.25) is 4.57 Å². The molecule has 0 fully saturated rings. The molecular formula is C14H13F3N4O2. The number of hydrogen-bond acceptors (Lipinski definition) is 4. The van der Waals surface area contributed by atoms with Crippen LogP contribution >= 0.6 is 0 Å². The molecule has 3 N–H and O–H groups in total. The van der Waals surface area contributed by atoms with Crippen molar-refractivity contribution in [1.29, 1.82) is 0 Å². The summed E-state index contributed by atoms with van der Waals surface area (Å²) in [5.74, 6) is -1.21. The van der Waals surface area contributed by atoms with Gasteiger partial charge in [0.2, 0.25) is 0 Å². The fourth-order valence-electron chi connectivity index (χ4n) is 2.00. The van der Waals surface area contributed by atoms with Gasteiger partial charge in [-0.25, -0.2) is 4.79 Å². The van der Waals surface area contributed by atoms with Crippen LogP contribution in [-0.4, -0.2) is 25.8 Å². The minimum Gasteiger partial charge on any atom is -0.478 e. The van der Waals surface area contributed by atoms with Crippen LogP contribution in [0.1, 0.15) is 24.5 Å². The number of carbonyl (C=O) groups is 1. The standard InChI is InChI=1S/C14H13F3N4O2/c1-2-8(13(22)23)3-9-4-10(21-6-19-20-7-21)5-11(12(9)18)14(15,16)17/h3-7H,2,18H2,1H3,(H,22,23). The van der Waals surface area contributed by atoms with Crippen LogP contribution in [0, 0.1) is 0 Å². The summed E-state index contributed by atoms with van der Waals surface area (Å²) in [6, 6.07) is 2.22. The van der Waals surface area contributed by atoms with E-state index in [1.165, 1.54) is 23.3 Å². The topological polar surface area (TPSA) is 94.0 Å². The molecule has 1 aromatic heterocycles. The lowest BCUT2D eigenvalue weighted by atomic mass is 10.0. The maximum Gasteiger partial charge on any atom is 0.418 e. The lowest BCUT2D eigenvalue weighted by Gasteiger charge is -2.15. The summed E-state index contributed by atoms with van der Waals surface area (Å²) >= 11 is 0. The molecule has 6 nitrogen and oxygen atoms in total. The highest BCUT2D eigenvalue weighted by Crippen LogP contribution is 2.37. The monoisotopic (exact) mass is 326 g/mol. The van der Waals surface area contributed by atoms with Gasteiger partial charge in [0.25, 0.3) is 0 Å². The summed E-state index contributed by atoms with van der Waals surface area (Å²) in [7, 11) is 0. The number of nitrogens with two attached hydrogens (primary N) is 1. The van der Waals surface area contributed by atoms with Crippen LogP contribution < -0.4 is 5.73 Å². The number of carboxylic acid groups (broad SMARTS) is 1. The molecule has 0 saturated carbocycles. The van der Waals surface area contributed by atoms with Gasteiger partial charge in [-0.15, -0.1) is 10.2 Å². The molecule has 2 rings (SSSR count). The Hall–Kier alpha value is -2.84. The highest BCUT2D eigenvalue weighted by atomic mass is 19.4. The smallest absolute Gasteiger partial charge is 0.418 e. The lowest BCUT2D eigenvalue weighted by molar-refractivity contribution is -0.137. The number of hydrogen-bond donors (Lipinski definition) is 2. The first-order valence-corrected chi connectivity index (χ1v) is 6.53. The highest BCUT2D eigenvalue weighted by Gasteiger charge is 2.34. The number of nitrogens with zero attached hydrogens (tertiary/aromatic N) is 3. The van der Waals surface area contributed by atoms with Gasteiger partial charge in [-0.1, -0.05) is 6.92 Å². The molecule has 9 heteroatoms. The van der Waals surface area contributed by atoms with Crippen molar-refractivity contribution in [2.45, 2.75) is 19.5 Å². The number of nitrogen functional groups attached to an aromatic ring is 1. The number of benzene rings is 1. The Labute approximate surface area is 129 Å². The minimum absolute atomic E-state index is 0.0252. The van der Waals surface area contributed by atoms with Gasteiger partial charge in [-0.2, -0.15) is 13.2 Å². The molecule has 0 unspecified atom stereocenters. The number of rotatable bonds is 4. The van der Waals surface area contributed by atoms with Gasteiger partial charge in [0.15, 0.2) is 0 Å². The largest absolute Gasteiger partial charge is 0.478 e. The average Bonchev–Trinajstić information content (AvgIpc) is 2.98. The Bertz CT molecular complexity index is 752. The number of aromatic nitrogens is 3. The van der Waals surface area contributed by atoms with Gasteiger partial charge in [-0.05, 0) is 24.6 Å². The Morgan fingerprint density at radius 1 is 1.35 bits per heavy atom. The molecule has 0 spiro atoms. The zero-order valence-corrected chi connectivity index (χ0v) is 12.0. The van der Waals surface area contributed by atoms with E-state index in [-0.39, 0.29) is 23.2 Å². The number of carboxylic acids is 1. The molecule has 23 heavy (non-hydrogen) atoms. The maximum absolute atomic E-state index is 13.2. The Morgan fingerprint density at radius 3 is 2.43 bits per heavy atom. The molecule has 0 bridgehead atoms. The second-order valence-electron chi connectivity index (χ2n) is 4.69. The van der Waals surface area contributed by atoms with Crippen LogP contribution in [0.2, 0.25) is 0 Å². The third kappa shape index (κ3) is 3.50. The van der Waals surface area contributed by atoms with Crippen molar-refractivity contribution in [3.05, 3.63) is 41.5 Å². The summed E-state index contributed by atoms with van der Waals surface area (Å²) < 4.78 is 40.8. The summed E-state index contributed by atoms with van der Waals surface area (Å²) in [6.45, 7) is 1.59. The molecule has 1 heterocycles. The van der Waals surface area contributed by atoms with E-state index in [1.54, 1.807) is 6.92 Å². The zero-order valence-electron chi connectivity index (χ0n) is 12.0. The van der Waals surface area contributed by atoms with E-state index in [1.807, 2.05) is 0 Å². The highest BCUT2D eigenvalue weighted by molar-refractivity contribution is 5.93. The Kier molecular flexibility index (Phi) is 4.39. The van der Waals surface area contributed by atoms with E-state index < -0.39 is 23.4 Å². The molecule has 0 amide bonds. The molecule has 0 aliphatic carbocycles. The van der Waals surface area contributed by atoms with Crippen molar-refractivity contribution in [2.75, 3.05) is 5.73 Å². The predicted octanol–water partition coefficient (Wildman–Crippen LogP) is 2.75. The first-order valence-electron chi connectivity index (χ1n) is 6.53. The molecule has 0 atom stereocenters. The van der Waals surface area contributed by atoms with Gasteiger partial charge < -0.3 is 10.8 Å². The zero-order chi connectivity index (χ0) is 17.2. The van der Waals surface area contributed by atoms with Gasteiger partial charge in [0.05, 0.1) is 11.3 Å². The van der Waals surface area contributed by atoms with Crippen LogP contribution in [0.15, 0.2) is 30.4 Å².